The van der Waals surface area contributed by atoms with E-state index in [1.165, 1.54) is 19.3 Å². The number of allylic oxidation sites excluding steroid dienone is 1. The predicted octanol–water partition coefficient (Wildman–Crippen LogP) is 1.66. The Morgan fingerprint density at radius 2 is 2.12 bits per heavy atom. The molecular formula is C12H15NO3. The summed E-state index contributed by atoms with van der Waals surface area (Å²) >= 11 is 0. The normalized spacial score (nSPS) is 10.4. The lowest BCUT2D eigenvalue weighted by Crippen LogP contribution is -2.04. The molecule has 0 aliphatic carbocycles. The number of aromatic hydroxyl groups is 1. The van der Waals surface area contributed by atoms with Crippen LogP contribution < -0.4 is 4.74 Å². The Balaban J connectivity index is 3.07. The van der Waals surface area contributed by atoms with Crippen molar-refractivity contribution in [3.8, 4) is 11.5 Å². The van der Waals surface area contributed by atoms with Gasteiger partial charge in [0.2, 0.25) is 0 Å². The largest absolute Gasteiger partial charge is 0.507 e. The predicted molar refractivity (Wildman–Crippen MR) is 61.8 cm³/mol. The Bertz CT molecular complexity index is 411. The van der Waals surface area contributed by atoms with E-state index in [9.17, 15) is 9.90 Å². The number of phenols is 1. The molecule has 0 radical (unpaired) electrons. The zero-order valence-corrected chi connectivity index (χ0v) is 9.60. The van der Waals surface area contributed by atoms with Gasteiger partial charge in [-0.15, -0.1) is 0 Å². The molecule has 0 saturated heterocycles. The van der Waals surface area contributed by atoms with E-state index in [-0.39, 0.29) is 17.1 Å². The fraction of sp³-hybridized carbons (Fsp3) is 0.250. The molecule has 1 N–H and O–H groups in total. The fourth-order valence-electron chi connectivity index (χ4n) is 1.24. The molecule has 0 saturated carbocycles. The van der Waals surface area contributed by atoms with Crippen molar-refractivity contribution in [2.24, 2.45) is 0 Å². The Labute approximate surface area is 94.8 Å². The van der Waals surface area contributed by atoms with E-state index in [0.717, 1.165) is 0 Å². The number of methoxy groups -OCH3 is 1. The third-order valence-electron chi connectivity index (χ3n) is 1.99. The monoisotopic (exact) mass is 221 g/mol. The number of carbonyl (C=O) groups excluding carboxylic acids is 1. The highest BCUT2D eigenvalue weighted by atomic mass is 16.5. The average molecular weight is 221 g/mol. The Morgan fingerprint density at radius 1 is 1.44 bits per heavy atom. The number of carbonyl (C=O) groups is 1. The summed E-state index contributed by atoms with van der Waals surface area (Å²) in [5.74, 6) is 0.00446. The molecule has 4 heteroatoms. The number of benzene rings is 1. The van der Waals surface area contributed by atoms with E-state index in [1.807, 2.05) is 14.1 Å². The average Bonchev–Trinajstić information content (AvgIpc) is 2.25. The summed E-state index contributed by atoms with van der Waals surface area (Å²) in [7, 11) is 5.08. The zero-order valence-electron chi connectivity index (χ0n) is 9.60. The number of phenolic OH excluding ortho intramolecular Hbond substituents is 1. The van der Waals surface area contributed by atoms with E-state index in [2.05, 4.69) is 0 Å². The minimum atomic E-state index is -0.288. The number of hydrogen-bond donors (Lipinski definition) is 1. The van der Waals surface area contributed by atoms with Gasteiger partial charge in [-0.05, 0) is 12.1 Å². The van der Waals surface area contributed by atoms with Crippen molar-refractivity contribution in [3.05, 3.63) is 36.0 Å². The van der Waals surface area contributed by atoms with Crippen LogP contribution in [-0.4, -0.2) is 37.0 Å². The minimum Gasteiger partial charge on any atom is -0.507 e. The summed E-state index contributed by atoms with van der Waals surface area (Å²) in [6.45, 7) is 0. The highest BCUT2D eigenvalue weighted by Gasteiger charge is 2.14. The van der Waals surface area contributed by atoms with Crippen molar-refractivity contribution < 1.29 is 14.6 Å². The molecule has 0 fully saturated rings. The lowest BCUT2D eigenvalue weighted by Gasteiger charge is -2.08. The van der Waals surface area contributed by atoms with Gasteiger partial charge in [-0.1, -0.05) is 6.07 Å². The SMILES string of the molecule is COc1cccc(O)c1C(=O)/C=C/N(C)C. The van der Waals surface area contributed by atoms with Crippen LogP contribution in [0.15, 0.2) is 30.5 Å². The van der Waals surface area contributed by atoms with Gasteiger partial charge in [0.25, 0.3) is 0 Å². The van der Waals surface area contributed by atoms with Crippen LogP contribution in [0.4, 0.5) is 0 Å². The van der Waals surface area contributed by atoms with E-state index in [0.29, 0.717) is 5.75 Å². The van der Waals surface area contributed by atoms with Crippen LogP contribution in [0.25, 0.3) is 0 Å². The molecule has 0 spiro atoms. The third-order valence-corrected chi connectivity index (χ3v) is 1.99. The molecule has 0 atom stereocenters. The molecule has 0 unspecified atom stereocenters. The van der Waals surface area contributed by atoms with Gasteiger partial charge in [0.05, 0.1) is 7.11 Å². The maximum absolute atomic E-state index is 11.8. The van der Waals surface area contributed by atoms with Crippen LogP contribution in [-0.2, 0) is 0 Å². The highest BCUT2D eigenvalue weighted by molar-refractivity contribution is 6.08. The summed E-state index contributed by atoms with van der Waals surface area (Å²) in [5.41, 5.74) is 0.183. The number of ketones is 1. The minimum absolute atomic E-state index is 0.0762. The van der Waals surface area contributed by atoms with Gasteiger partial charge in [0.1, 0.15) is 17.1 Å². The molecule has 4 nitrogen and oxygen atoms in total. The van der Waals surface area contributed by atoms with E-state index in [1.54, 1.807) is 23.2 Å². The molecule has 0 bridgehead atoms. The molecule has 1 aromatic carbocycles. The summed E-state index contributed by atoms with van der Waals surface area (Å²) in [4.78, 5) is 13.5. The van der Waals surface area contributed by atoms with Crippen molar-refractivity contribution in [3.63, 3.8) is 0 Å². The molecular weight excluding hydrogens is 206 g/mol. The first kappa shape index (κ1) is 12.1. The molecule has 0 aliphatic rings. The lowest BCUT2D eigenvalue weighted by atomic mass is 10.1. The zero-order chi connectivity index (χ0) is 12.1. The van der Waals surface area contributed by atoms with Gasteiger partial charge in [-0.2, -0.15) is 0 Å². The summed E-state index contributed by atoms with van der Waals surface area (Å²) in [6, 6.07) is 4.72. The van der Waals surface area contributed by atoms with Crippen LogP contribution in [0.5, 0.6) is 11.5 Å². The van der Waals surface area contributed by atoms with E-state index < -0.39 is 0 Å². The van der Waals surface area contributed by atoms with Crippen molar-refractivity contribution in [1.82, 2.24) is 4.90 Å². The number of nitrogens with zero attached hydrogens (tertiary/aromatic N) is 1. The molecule has 0 heterocycles. The second-order valence-electron chi connectivity index (χ2n) is 3.50. The maximum atomic E-state index is 11.8. The fourth-order valence-corrected chi connectivity index (χ4v) is 1.24. The number of rotatable bonds is 4. The highest BCUT2D eigenvalue weighted by Crippen LogP contribution is 2.27. The molecule has 1 aromatic rings. The van der Waals surface area contributed by atoms with Gasteiger partial charge >= 0.3 is 0 Å². The van der Waals surface area contributed by atoms with E-state index in [4.69, 9.17) is 4.74 Å². The first-order valence-electron chi connectivity index (χ1n) is 4.81. The molecule has 0 amide bonds. The first-order valence-corrected chi connectivity index (χ1v) is 4.81. The Kier molecular flexibility index (Phi) is 3.94. The Hall–Kier alpha value is -1.97. The quantitative estimate of drug-likeness (QED) is 0.620. The van der Waals surface area contributed by atoms with Crippen LogP contribution in [0, 0.1) is 0 Å². The van der Waals surface area contributed by atoms with Crippen LogP contribution in [0.2, 0.25) is 0 Å². The lowest BCUT2D eigenvalue weighted by molar-refractivity contribution is 0.104. The van der Waals surface area contributed by atoms with Gasteiger partial charge < -0.3 is 14.7 Å². The van der Waals surface area contributed by atoms with Crippen LogP contribution in [0.3, 0.4) is 0 Å². The topological polar surface area (TPSA) is 49.8 Å². The summed E-state index contributed by atoms with van der Waals surface area (Å²) in [5, 5.41) is 9.61. The second kappa shape index (κ2) is 5.21. The molecule has 16 heavy (non-hydrogen) atoms. The standard InChI is InChI=1S/C12H15NO3/c1-13(2)8-7-10(15)12-9(14)5-4-6-11(12)16-3/h4-8,14H,1-3H3/b8-7+. The van der Waals surface area contributed by atoms with Gasteiger partial charge in [-0.25, -0.2) is 0 Å². The van der Waals surface area contributed by atoms with Crippen LogP contribution >= 0.6 is 0 Å². The first-order chi connectivity index (χ1) is 7.56. The van der Waals surface area contributed by atoms with Gasteiger partial charge in [0, 0.05) is 26.4 Å². The number of hydrogen-bond acceptors (Lipinski definition) is 4. The molecule has 0 aromatic heterocycles. The third kappa shape index (κ3) is 2.76. The molecule has 1 rings (SSSR count). The van der Waals surface area contributed by atoms with Gasteiger partial charge in [0.15, 0.2) is 5.78 Å². The van der Waals surface area contributed by atoms with Crippen LogP contribution in [0.1, 0.15) is 10.4 Å². The maximum Gasteiger partial charge on any atom is 0.194 e. The Morgan fingerprint density at radius 3 is 2.69 bits per heavy atom. The summed E-state index contributed by atoms with van der Waals surface area (Å²) < 4.78 is 5.03. The molecule has 86 valence electrons. The number of ether oxygens (including phenoxy) is 1. The van der Waals surface area contributed by atoms with Crippen molar-refractivity contribution in [2.45, 2.75) is 0 Å². The smallest absolute Gasteiger partial charge is 0.194 e. The van der Waals surface area contributed by atoms with Crippen molar-refractivity contribution in [2.75, 3.05) is 21.2 Å². The molecule has 0 aliphatic heterocycles. The summed E-state index contributed by atoms with van der Waals surface area (Å²) in [6.07, 6.45) is 3.01. The van der Waals surface area contributed by atoms with Crippen molar-refractivity contribution >= 4 is 5.78 Å². The van der Waals surface area contributed by atoms with E-state index >= 15 is 0 Å². The van der Waals surface area contributed by atoms with Gasteiger partial charge in [-0.3, -0.25) is 4.79 Å². The second-order valence-corrected chi connectivity index (χ2v) is 3.50. The van der Waals surface area contributed by atoms with Crippen molar-refractivity contribution in [1.29, 1.82) is 0 Å².